The minimum absolute atomic E-state index is 0.0610. The van der Waals surface area contributed by atoms with Gasteiger partial charge in [-0.05, 0) is 55.2 Å². The number of amides is 3. The highest BCUT2D eigenvalue weighted by Crippen LogP contribution is 2.88. The van der Waals surface area contributed by atoms with Gasteiger partial charge in [-0.2, -0.15) is 18.3 Å². The number of nitrogens with zero attached hydrogens (tertiary/aromatic N) is 5. The third kappa shape index (κ3) is 4.28. The zero-order valence-electron chi connectivity index (χ0n) is 23.1. The van der Waals surface area contributed by atoms with Crippen LogP contribution in [0.3, 0.4) is 0 Å². The number of nitrogens with one attached hydrogen (secondary N) is 1. The van der Waals surface area contributed by atoms with Crippen molar-refractivity contribution < 1.29 is 27.6 Å². The Hall–Kier alpha value is -3.57. The van der Waals surface area contributed by atoms with Gasteiger partial charge in [-0.1, -0.05) is 6.07 Å². The first-order valence-electron chi connectivity index (χ1n) is 14.4. The van der Waals surface area contributed by atoms with Gasteiger partial charge in [0.15, 0.2) is 5.69 Å². The molecule has 4 atom stereocenters. The van der Waals surface area contributed by atoms with Crippen LogP contribution in [0.1, 0.15) is 64.5 Å². The predicted molar refractivity (Wildman–Crippen MR) is 142 cm³/mol. The number of alkyl halides is 3. The molecule has 12 heteroatoms. The SMILES string of the molecule is CC(=O)NC1CCN(C(=O)c2nn(CC(=O)N3CCN(c4cccc(C(F)(F)F)c4C)CC3)c3c2C2C4C3[C@H]24)CC1. The normalized spacial score (nSPS) is 26.5. The summed E-state index contributed by atoms with van der Waals surface area (Å²) in [7, 11) is 0. The topological polar surface area (TPSA) is 90.8 Å². The predicted octanol–water partition coefficient (Wildman–Crippen LogP) is 2.74. The lowest BCUT2D eigenvalue weighted by Crippen LogP contribution is -2.50. The van der Waals surface area contributed by atoms with E-state index in [0.29, 0.717) is 87.2 Å². The second-order valence-electron chi connectivity index (χ2n) is 12.1. The fourth-order valence-corrected chi connectivity index (χ4v) is 7.58. The van der Waals surface area contributed by atoms with Gasteiger partial charge in [-0.15, -0.1) is 0 Å². The number of piperidine rings is 1. The highest BCUT2D eigenvalue weighted by molar-refractivity contribution is 5.96. The molecule has 3 amide bonds. The molecule has 2 bridgehead atoms. The zero-order chi connectivity index (χ0) is 28.8. The number of benzene rings is 1. The van der Waals surface area contributed by atoms with Gasteiger partial charge < -0.3 is 20.0 Å². The summed E-state index contributed by atoms with van der Waals surface area (Å²) in [6, 6.07) is 4.30. The number of hydrogen-bond donors (Lipinski definition) is 1. The monoisotopic (exact) mass is 570 g/mol. The van der Waals surface area contributed by atoms with Crippen molar-refractivity contribution in [3.63, 3.8) is 0 Å². The Morgan fingerprint density at radius 2 is 1.66 bits per heavy atom. The number of likely N-dealkylation sites (tertiary alicyclic amines) is 1. The van der Waals surface area contributed by atoms with Crippen molar-refractivity contribution in [3.05, 3.63) is 46.3 Å². The van der Waals surface area contributed by atoms with Gasteiger partial charge in [-0.3, -0.25) is 19.1 Å². The Labute approximate surface area is 235 Å². The molecular weight excluding hydrogens is 537 g/mol. The van der Waals surface area contributed by atoms with Crippen LogP contribution < -0.4 is 10.2 Å². The number of rotatable bonds is 5. The number of carbonyl (C=O) groups excluding carboxylic acids is 3. The van der Waals surface area contributed by atoms with Crippen LogP contribution in [0.2, 0.25) is 0 Å². The van der Waals surface area contributed by atoms with E-state index in [1.807, 2.05) is 9.80 Å². The van der Waals surface area contributed by atoms with E-state index in [0.717, 1.165) is 17.3 Å². The third-order valence-corrected chi connectivity index (χ3v) is 9.76. The van der Waals surface area contributed by atoms with Crippen LogP contribution in [-0.2, 0) is 22.3 Å². The molecule has 3 unspecified atom stereocenters. The quantitative estimate of drug-likeness (QED) is 0.597. The molecule has 1 aromatic heterocycles. The summed E-state index contributed by atoms with van der Waals surface area (Å²) in [5.74, 6) is 1.75. The fraction of sp³-hybridized carbons (Fsp3) is 0.586. The summed E-state index contributed by atoms with van der Waals surface area (Å²) < 4.78 is 41.9. The van der Waals surface area contributed by atoms with E-state index in [1.165, 1.54) is 19.9 Å². The first-order chi connectivity index (χ1) is 19.5. The maximum atomic E-state index is 13.5. The number of halogens is 3. The molecule has 0 spiro atoms. The summed E-state index contributed by atoms with van der Waals surface area (Å²) in [6.07, 6.45) is -3.00. The number of hydrogen-bond acceptors (Lipinski definition) is 5. The van der Waals surface area contributed by atoms with E-state index in [4.69, 9.17) is 5.10 Å². The van der Waals surface area contributed by atoms with Crippen molar-refractivity contribution in [2.75, 3.05) is 44.2 Å². The zero-order valence-corrected chi connectivity index (χ0v) is 23.1. The standard InChI is InChI=1S/C29H33F3N6O3/c1-15-18(29(30,31)32)4-3-5-19(15)35-10-12-36(13-11-35)20(40)14-38-27-24-21-22(24)23(21)25(27)26(34-38)28(41)37-8-6-17(7-9-37)33-16(2)39/h3-5,17,21-24H,6-14H2,1-2H3,(H,33,39)/t21-,22?,23?,24?/m0/s1. The first-order valence-corrected chi connectivity index (χ1v) is 14.4. The summed E-state index contributed by atoms with van der Waals surface area (Å²) >= 11 is 0. The molecule has 6 aliphatic rings. The molecule has 8 rings (SSSR count). The van der Waals surface area contributed by atoms with Crippen molar-refractivity contribution in [1.82, 2.24) is 24.9 Å². The molecule has 2 saturated heterocycles. The Kier molecular flexibility index (Phi) is 5.92. The molecule has 4 fully saturated rings. The number of piperazine rings is 1. The molecule has 2 aliphatic heterocycles. The molecular formula is C29H33F3N6O3. The molecule has 2 aromatic rings. The molecule has 9 nitrogen and oxygen atoms in total. The van der Waals surface area contributed by atoms with Gasteiger partial charge >= 0.3 is 6.18 Å². The minimum Gasteiger partial charge on any atom is -0.368 e. The number of aromatic nitrogens is 2. The van der Waals surface area contributed by atoms with Crippen molar-refractivity contribution >= 4 is 23.4 Å². The van der Waals surface area contributed by atoms with Crippen LogP contribution in [0.4, 0.5) is 18.9 Å². The molecule has 1 aromatic carbocycles. The Bertz CT molecular complexity index is 1430. The molecule has 41 heavy (non-hydrogen) atoms. The van der Waals surface area contributed by atoms with E-state index in [-0.39, 0.29) is 35.9 Å². The minimum atomic E-state index is -4.41. The molecule has 2 saturated carbocycles. The lowest BCUT2D eigenvalue weighted by atomic mass is 10.0. The van der Waals surface area contributed by atoms with Crippen molar-refractivity contribution in [3.8, 4) is 0 Å². The van der Waals surface area contributed by atoms with Crippen LogP contribution in [0.5, 0.6) is 0 Å². The average molecular weight is 571 g/mol. The van der Waals surface area contributed by atoms with E-state index in [1.54, 1.807) is 15.6 Å². The van der Waals surface area contributed by atoms with E-state index < -0.39 is 11.7 Å². The van der Waals surface area contributed by atoms with Gasteiger partial charge in [-0.25, -0.2) is 0 Å². The van der Waals surface area contributed by atoms with Crippen molar-refractivity contribution in [2.45, 2.75) is 57.3 Å². The molecule has 1 N–H and O–H groups in total. The van der Waals surface area contributed by atoms with Crippen LogP contribution in [0, 0.1) is 18.8 Å². The van der Waals surface area contributed by atoms with Gasteiger partial charge in [0.05, 0.1) is 5.56 Å². The van der Waals surface area contributed by atoms with Gasteiger partial charge in [0.2, 0.25) is 11.8 Å². The highest BCUT2D eigenvalue weighted by atomic mass is 19.4. The average Bonchev–Trinajstić information content (AvgIpc) is 3.70. The first kappa shape index (κ1) is 26.3. The number of carbonyl (C=O) groups is 3. The molecule has 218 valence electrons. The van der Waals surface area contributed by atoms with E-state index >= 15 is 0 Å². The van der Waals surface area contributed by atoms with Gasteiger partial charge in [0, 0.05) is 75.1 Å². The second kappa shape index (κ2) is 9.22. The smallest absolute Gasteiger partial charge is 0.368 e. The summed E-state index contributed by atoms with van der Waals surface area (Å²) in [5.41, 5.74) is 2.68. The Morgan fingerprint density at radius 3 is 2.29 bits per heavy atom. The summed E-state index contributed by atoms with van der Waals surface area (Å²) in [4.78, 5) is 43.8. The summed E-state index contributed by atoms with van der Waals surface area (Å²) in [6.45, 7) is 5.86. The Morgan fingerprint density at radius 1 is 0.976 bits per heavy atom. The van der Waals surface area contributed by atoms with Gasteiger partial charge in [0.25, 0.3) is 5.91 Å². The maximum absolute atomic E-state index is 13.5. The molecule has 0 radical (unpaired) electrons. The van der Waals surface area contributed by atoms with Crippen LogP contribution in [-0.4, -0.2) is 82.6 Å². The molecule has 3 heterocycles. The second-order valence-corrected chi connectivity index (χ2v) is 12.1. The summed E-state index contributed by atoms with van der Waals surface area (Å²) in [5, 5.41) is 7.63. The van der Waals surface area contributed by atoms with Crippen molar-refractivity contribution in [1.29, 1.82) is 0 Å². The largest absolute Gasteiger partial charge is 0.416 e. The number of anilines is 1. The van der Waals surface area contributed by atoms with Gasteiger partial charge in [0.1, 0.15) is 6.54 Å². The van der Waals surface area contributed by atoms with E-state index in [2.05, 4.69) is 5.32 Å². The van der Waals surface area contributed by atoms with Crippen molar-refractivity contribution in [2.24, 2.45) is 11.8 Å². The fourth-order valence-electron chi connectivity index (χ4n) is 7.58. The Balaban J connectivity index is 1.02. The van der Waals surface area contributed by atoms with E-state index in [9.17, 15) is 27.6 Å². The van der Waals surface area contributed by atoms with Crippen LogP contribution in [0.25, 0.3) is 0 Å². The maximum Gasteiger partial charge on any atom is 0.416 e. The lowest BCUT2D eigenvalue weighted by Gasteiger charge is -2.37. The van der Waals surface area contributed by atoms with Crippen LogP contribution in [0.15, 0.2) is 18.2 Å². The third-order valence-electron chi connectivity index (χ3n) is 9.76. The van der Waals surface area contributed by atoms with Crippen LogP contribution >= 0.6 is 0 Å². The molecule has 4 aliphatic carbocycles. The lowest BCUT2D eigenvalue weighted by molar-refractivity contribution is -0.138. The highest BCUT2D eigenvalue weighted by Gasteiger charge is 2.81.